The number of methoxy groups -OCH3 is 1. The molecule has 2 aromatic rings. The van der Waals surface area contributed by atoms with Gasteiger partial charge in [-0.05, 0) is 19.1 Å². The summed E-state index contributed by atoms with van der Waals surface area (Å²) in [6.07, 6.45) is 0. The third-order valence-corrected chi connectivity index (χ3v) is 3.96. The lowest BCUT2D eigenvalue weighted by Gasteiger charge is -2.17. The highest BCUT2D eigenvalue weighted by Gasteiger charge is 2.33. The zero-order valence-electron chi connectivity index (χ0n) is 13.5. The van der Waals surface area contributed by atoms with Gasteiger partial charge in [-0.25, -0.2) is 9.37 Å². The van der Waals surface area contributed by atoms with E-state index in [4.69, 9.17) is 9.47 Å². The van der Waals surface area contributed by atoms with Crippen molar-refractivity contribution in [3.05, 3.63) is 46.8 Å². The van der Waals surface area contributed by atoms with Crippen LogP contribution in [0.1, 0.15) is 33.5 Å². The van der Waals surface area contributed by atoms with Crippen molar-refractivity contribution in [1.82, 2.24) is 20.5 Å². The minimum Gasteiger partial charge on any atom is -0.380 e. The fourth-order valence-electron chi connectivity index (χ4n) is 2.69. The molecular weight excluding hydrogens is 315 g/mol. The van der Waals surface area contributed by atoms with Crippen LogP contribution < -0.4 is 5.32 Å². The SMILES string of the molecule is COCc1ccc(C(=O)N[C@@H]2COC[C@@H]2c2n[nH]c(C)n2)cc1F. The Labute approximate surface area is 138 Å². The number of nitrogens with zero attached hydrogens (tertiary/aromatic N) is 2. The molecule has 2 heterocycles. The molecule has 1 aliphatic heterocycles. The minimum atomic E-state index is -0.465. The van der Waals surface area contributed by atoms with Crippen molar-refractivity contribution in [3.63, 3.8) is 0 Å². The summed E-state index contributed by atoms with van der Waals surface area (Å²) in [5.41, 5.74) is 0.663. The Hall–Kier alpha value is -2.32. The lowest BCUT2D eigenvalue weighted by Crippen LogP contribution is -2.39. The van der Waals surface area contributed by atoms with Crippen LogP contribution in [-0.4, -0.2) is 47.5 Å². The Balaban J connectivity index is 1.71. The van der Waals surface area contributed by atoms with Crippen LogP contribution >= 0.6 is 0 Å². The first-order chi connectivity index (χ1) is 11.6. The van der Waals surface area contributed by atoms with Crippen LogP contribution in [0, 0.1) is 12.7 Å². The maximum Gasteiger partial charge on any atom is 0.251 e. The Morgan fingerprint density at radius 3 is 3.00 bits per heavy atom. The second-order valence-electron chi connectivity index (χ2n) is 5.74. The fourth-order valence-corrected chi connectivity index (χ4v) is 2.69. The normalized spacial score (nSPS) is 20.3. The van der Waals surface area contributed by atoms with Crippen molar-refractivity contribution < 1.29 is 18.7 Å². The second-order valence-corrected chi connectivity index (χ2v) is 5.74. The van der Waals surface area contributed by atoms with E-state index in [1.165, 1.54) is 13.2 Å². The lowest BCUT2D eigenvalue weighted by molar-refractivity contribution is 0.0927. The van der Waals surface area contributed by atoms with Crippen molar-refractivity contribution >= 4 is 5.91 Å². The van der Waals surface area contributed by atoms with Gasteiger partial charge in [-0.2, -0.15) is 5.10 Å². The van der Waals surface area contributed by atoms with Gasteiger partial charge in [-0.3, -0.25) is 9.89 Å². The molecule has 1 saturated heterocycles. The highest BCUT2D eigenvalue weighted by atomic mass is 19.1. The van der Waals surface area contributed by atoms with Crippen molar-refractivity contribution in [2.24, 2.45) is 0 Å². The third kappa shape index (κ3) is 3.44. The van der Waals surface area contributed by atoms with Gasteiger partial charge in [-0.15, -0.1) is 0 Å². The van der Waals surface area contributed by atoms with E-state index in [-0.39, 0.29) is 30.0 Å². The summed E-state index contributed by atoms with van der Waals surface area (Å²) in [6.45, 7) is 2.78. The van der Waals surface area contributed by atoms with Gasteiger partial charge in [0.25, 0.3) is 5.91 Å². The van der Waals surface area contributed by atoms with Gasteiger partial charge in [0.15, 0.2) is 5.82 Å². The molecule has 0 spiro atoms. The lowest BCUT2D eigenvalue weighted by atomic mass is 10.0. The first-order valence-corrected chi connectivity index (χ1v) is 7.63. The summed E-state index contributed by atoms with van der Waals surface area (Å²) in [7, 11) is 1.49. The molecule has 0 radical (unpaired) electrons. The molecule has 1 aromatic heterocycles. The summed E-state index contributed by atoms with van der Waals surface area (Å²) in [6, 6.07) is 4.09. The van der Waals surface area contributed by atoms with Crippen molar-refractivity contribution in [2.75, 3.05) is 20.3 Å². The van der Waals surface area contributed by atoms with Crippen LogP contribution in [-0.2, 0) is 16.1 Å². The van der Waals surface area contributed by atoms with Gasteiger partial charge in [0.2, 0.25) is 0 Å². The van der Waals surface area contributed by atoms with E-state index in [1.54, 1.807) is 12.1 Å². The summed E-state index contributed by atoms with van der Waals surface area (Å²) in [4.78, 5) is 16.7. The number of halogens is 1. The van der Waals surface area contributed by atoms with E-state index in [9.17, 15) is 9.18 Å². The van der Waals surface area contributed by atoms with Gasteiger partial charge >= 0.3 is 0 Å². The quantitative estimate of drug-likeness (QED) is 0.861. The number of hydrogen-bond donors (Lipinski definition) is 2. The van der Waals surface area contributed by atoms with Crippen LogP contribution in [0.5, 0.6) is 0 Å². The Morgan fingerprint density at radius 2 is 2.33 bits per heavy atom. The number of aromatic amines is 1. The van der Waals surface area contributed by atoms with E-state index < -0.39 is 5.82 Å². The maximum absolute atomic E-state index is 13.9. The first-order valence-electron chi connectivity index (χ1n) is 7.63. The molecule has 1 amide bonds. The number of amides is 1. The number of H-pyrrole nitrogens is 1. The molecule has 1 fully saturated rings. The van der Waals surface area contributed by atoms with Gasteiger partial charge in [0.1, 0.15) is 11.6 Å². The molecule has 24 heavy (non-hydrogen) atoms. The number of nitrogens with one attached hydrogen (secondary N) is 2. The number of rotatable bonds is 5. The number of carbonyl (C=O) groups is 1. The van der Waals surface area contributed by atoms with Crippen LogP contribution in [0.2, 0.25) is 0 Å². The number of benzene rings is 1. The Kier molecular flexibility index (Phi) is 4.86. The zero-order chi connectivity index (χ0) is 17.1. The molecule has 0 saturated carbocycles. The van der Waals surface area contributed by atoms with Gasteiger partial charge in [0, 0.05) is 18.2 Å². The monoisotopic (exact) mass is 334 g/mol. The fraction of sp³-hybridized carbons (Fsp3) is 0.438. The van der Waals surface area contributed by atoms with Crippen molar-refractivity contribution in [2.45, 2.75) is 25.5 Å². The molecule has 8 heteroatoms. The van der Waals surface area contributed by atoms with Crippen LogP contribution in [0.15, 0.2) is 18.2 Å². The molecule has 0 unspecified atom stereocenters. The van der Waals surface area contributed by atoms with Crippen LogP contribution in [0.4, 0.5) is 4.39 Å². The molecule has 2 atom stereocenters. The van der Waals surface area contributed by atoms with E-state index in [0.29, 0.717) is 30.4 Å². The molecule has 2 N–H and O–H groups in total. The predicted molar refractivity (Wildman–Crippen MR) is 83.0 cm³/mol. The number of carbonyl (C=O) groups excluding carboxylic acids is 1. The van der Waals surface area contributed by atoms with Crippen LogP contribution in [0.25, 0.3) is 0 Å². The second kappa shape index (κ2) is 7.06. The van der Waals surface area contributed by atoms with Crippen molar-refractivity contribution in [3.8, 4) is 0 Å². The van der Waals surface area contributed by atoms with E-state index >= 15 is 0 Å². The van der Waals surface area contributed by atoms with E-state index in [0.717, 1.165) is 0 Å². The first kappa shape index (κ1) is 16.5. The highest BCUT2D eigenvalue weighted by Crippen LogP contribution is 2.23. The Bertz CT molecular complexity index is 734. The predicted octanol–water partition coefficient (Wildman–Crippen LogP) is 1.31. The van der Waals surface area contributed by atoms with Gasteiger partial charge < -0.3 is 14.8 Å². The van der Waals surface area contributed by atoms with Crippen LogP contribution in [0.3, 0.4) is 0 Å². The summed E-state index contributed by atoms with van der Waals surface area (Å²) in [5.74, 6) is 0.366. The molecule has 128 valence electrons. The van der Waals surface area contributed by atoms with Crippen molar-refractivity contribution in [1.29, 1.82) is 0 Å². The molecule has 0 aliphatic carbocycles. The Morgan fingerprint density at radius 1 is 1.50 bits per heavy atom. The topological polar surface area (TPSA) is 89.1 Å². The van der Waals surface area contributed by atoms with E-state index in [2.05, 4.69) is 20.5 Å². The smallest absolute Gasteiger partial charge is 0.251 e. The molecule has 1 aromatic carbocycles. The summed E-state index contributed by atoms with van der Waals surface area (Å²) in [5, 5.41) is 9.79. The molecule has 3 rings (SSSR count). The molecule has 1 aliphatic rings. The average Bonchev–Trinajstić information content (AvgIpc) is 3.18. The molecule has 0 bridgehead atoms. The average molecular weight is 334 g/mol. The largest absolute Gasteiger partial charge is 0.380 e. The van der Waals surface area contributed by atoms with E-state index in [1.807, 2.05) is 6.92 Å². The zero-order valence-corrected chi connectivity index (χ0v) is 13.5. The molecular formula is C16H19FN4O3. The summed E-state index contributed by atoms with van der Waals surface area (Å²) >= 11 is 0. The van der Waals surface area contributed by atoms with Gasteiger partial charge in [0.05, 0.1) is 31.8 Å². The number of ether oxygens (including phenoxy) is 2. The number of aromatic nitrogens is 3. The maximum atomic E-state index is 13.9. The van der Waals surface area contributed by atoms with Gasteiger partial charge in [-0.1, -0.05) is 6.07 Å². The highest BCUT2D eigenvalue weighted by molar-refractivity contribution is 5.94. The standard InChI is InChI=1S/C16H19FN4O3/c1-9-18-15(21-20-9)12-7-24-8-14(12)19-16(22)10-3-4-11(6-23-2)13(17)5-10/h3-5,12,14H,6-8H2,1-2H3,(H,19,22)(H,18,20,21)/t12-,14+/m0/s1. The minimum absolute atomic E-state index is 0.128. The summed E-state index contributed by atoms with van der Waals surface area (Å²) < 4.78 is 24.3. The number of hydrogen-bond acceptors (Lipinski definition) is 5. The third-order valence-electron chi connectivity index (χ3n) is 3.96. The number of aryl methyl sites for hydroxylation is 1. The molecule has 7 nitrogen and oxygen atoms in total.